The highest BCUT2D eigenvalue weighted by molar-refractivity contribution is 5.41. The average molecular weight is 245 g/mol. The highest BCUT2D eigenvalue weighted by atomic mass is 19.4. The summed E-state index contributed by atoms with van der Waals surface area (Å²) in [4.78, 5) is 0. The number of ether oxygens (including phenoxy) is 1. The van der Waals surface area contributed by atoms with Gasteiger partial charge < -0.3 is 10.1 Å². The molecule has 1 aliphatic rings. The molecule has 1 N–H and O–H groups in total. The van der Waals surface area contributed by atoms with Crippen molar-refractivity contribution in [3.8, 4) is 5.75 Å². The van der Waals surface area contributed by atoms with E-state index in [1.807, 2.05) is 0 Å². The van der Waals surface area contributed by atoms with E-state index in [4.69, 9.17) is 4.74 Å². The van der Waals surface area contributed by atoms with Gasteiger partial charge in [0.1, 0.15) is 5.75 Å². The van der Waals surface area contributed by atoms with Crippen molar-refractivity contribution >= 4 is 0 Å². The molecule has 2 rings (SSSR count). The summed E-state index contributed by atoms with van der Waals surface area (Å²) in [7, 11) is 1.49. The van der Waals surface area contributed by atoms with E-state index >= 15 is 0 Å². The van der Waals surface area contributed by atoms with Gasteiger partial charge in [0.05, 0.1) is 13.5 Å². The van der Waals surface area contributed by atoms with E-state index < -0.39 is 12.6 Å². The first-order valence-corrected chi connectivity index (χ1v) is 5.44. The molecule has 5 heteroatoms. The van der Waals surface area contributed by atoms with Gasteiger partial charge in [0.15, 0.2) is 0 Å². The predicted octanol–water partition coefficient (Wildman–Crippen LogP) is 2.49. The highest BCUT2D eigenvalue weighted by Crippen LogP contribution is 2.32. The van der Waals surface area contributed by atoms with E-state index in [2.05, 4.69) is 5.32 Å². The first kappa shape index (κ1) is 12.2. The Kier molecular flexibility index (Phi) is 3.28. The fourth-order valence-corrected chi connectivity index (χ4v) is 1.94. The van der Waals surface area contributed by atoms with E-state index in [0.717, 1.165) is 18.7 Å². The smallest absolute Gasteiger partial charge is 0.393 e. The molecule has 17 heavy (non-hydrogen) atoms. The second-order valence-corrected chi connectivity index (χ2v) is 4.22. The molecule has 0 aromatic heterocycles. The van der Waals surface area contributed by atoms with Crippen LogP contribution in [-0.2, 0) is 6.42 Å². The van der Waals surface area contributed by atoms with Gasteiger partial charge in [-0.1, -0.05) is 12.1 Å². The van der Waals surface area contributed by atoms with Crippen LogP contribution in [0.1, 0.15) is 17.0 Å². The van der Waals surface area contributed by atoms with Gasteiger partial charge in [-0.05, 0) is 17.2 Å². The van der Waals surface area contributed by atoms with Crippen molar-refractivity contribution < 1.29 is 17.9 Å². The maximum atomic E-state index is 12.3. The first-order chi connectivity index (χ1) is 7.99. The van der Waals surface area contributed by atoms with Crippen molar-refractivity contribution in [3.63, 3.8) is 0 Å². The second-order valence-electron chi connectivity index (χ2n) is 4.22. The molecule has 94 valence electrons. The molecule has 0 bridgehead atoms. The lowest BCUT2D eigenvalue weighted by atomic mass is 9.91. The molecule has 0 saturated carbocycles. The summed E-state index contributed by atoms with van der Waals surface area (Å²) in [6, 6.07) is 4.76. The lowest BCUT2D eigenvalue weighted by molar-refractivity contribution is -0.127. The van der Waals surface area contributed by atoms with Crippen LogP contribution in [0.4, 0.5) is 13.2 Å². The SMILES string of the molecule is COc1cc(CC(F)(F)F)ccc1C1CNC1. The van der Waals surface area contributed by atoms with Gasteiger partial charge in [0, 0.05) is 19.0 Å². The maximum Gasteiger partial charge on any atom is 0.393 e. The van der Waals surface area contributed by atoms with Crippen molar-refractivity contribution in [2.75, 3.05) is 20.2 Å². The topological polar surface area (TPSA) is 21.3 Å². The molecule has 1 fully saturated rings. The number of rotatable bonds is 3. The van der Waals surface area contributed by atoms with Crippen LogP contribution in [0.3, 0.4) is 0 Å². The monoisotopic (exact) mass is 245 g/mol. The maximum absolute atomic E-state index is 12.3. The van der Waals surface area contributed by atoms with Crippen LogP contribution in [0, 0.1) is 0 Å². The largest absolute Gasteiger partial charge is 0.496 e. The highest BCUT2D eigenvalue weighted by Gasteiger charge is 2.29. The van der Waals surface area contributed by atoms with E-state index in [1.54, 1.807) is 6.07 Å². The van der Waals surface area contributed by atoms with Gasteiger partial charge in [-0.25, -0.2) is 0 Å². The lowest BCUT2D eigenvalue weighted by Gasteiger charge is -2.29. The normalized spacial score (nSPS) is 16.7. The van der Waals surface area contributed by atoms with Crippen LogP contribution < -0.4 is 10.1 Å². The van der Waals surface area contributed by atoms with Crippen LogP contribution >= 0.6 is 0 Å². The number of benzene rings is 1. The summed E-state index contributed by atoms with van der Waals surface area (Å²) in [5.41, 5.74) is 1.22. The van der Waals surface area contributed by atoms with Gasteiger partial charge >= 0.3 is 6.18 Å². The summed E-state index contributed by atoms with van der Waals surface area (Å²) < 4.78 is 42.0. The summed E-state index contributed by atoms with van der Waals surface area (Å²) in [5, 5.41) is 3.13. The number of nitrogens with one attached hydrogen (secondary N) is 1. The Hall–Kier alpha value is -1.23. The minimum atomic E-state index is -4.18. The number of methoxy groups -OCH3 is 1. The van der Waals surface area contributed by atoms with Crippen LogP contribution in [0.5, 0.6) is 5.75 Å². The van der Waals surface area contributed by atoms with Crippen molar-refractivity contribution in [1.82, 2.24) is 5.32 Å². The summed E-state index contributed by atoms with van der Waals surface area (Å²) in [6.45, 7) is 1.71. The number of hydrogen-bond donors (Lipinski definition) is 1. The van der Waals surface area contributed by atoms with Crippen molar-refractivity contribution in [2.24, 2.45) is 0 Å². The molecule has 0 spiro atoms. The van der Waals surface area contributed by atoms with Crippen LogP contribution in [-0.4, -0.2) is 26.4 Å². The quantitative estimate of drug-likeness (QED) is 0.883. The van der Waals surface area contributed by atoms with E-state index in [-0.39, 0.29) is 5.56 Å². The molecule has 0 aliphatic carbocycles. The van der Waals surface area contributed by atoms with Crippen molar-refractivity contribution in [2.45, 2.75) is 18.5 Å². The molecule has 1 aliphatic heterocycles. The standard InChI is InChI=1S/C12H14F3NO/c1-17-11-4-8(5-12(13,14)15)2-3-10(11)9-6-16-7-9/h2-4,9,16H,5-7H2,1H3. The number of alkyl halides is 3. The zero-order valence-corrected chi connectivity index (χ0v) is 9.47. The molecule has 1 aromatic carbocycles. The van der Waals surface area contributed by atoms with Crippen LogP contribution in [0.2, 0.25) is 0 Å². The Balaban J connectivity index is 2.21. The third-order valence-corrected chi connectivity index (χ3v) is 2.92. The molecule has 0 unspecified atom stereocenters. The summed E-state index contributed by atoms with van der Waals surface area (Å²) in [6.07, 6.45) is -5.09. The van der Waals surface area contributed by atoms with Gasteiger partial charge in [-0.3, -0.25) is 0 Å². The molecule has 1 heterocycles. The minimum absolute atomic E-state index is 0.241. The summed E-state index contributed by atoms with van der Waals surface area (Å²) >= 11 is 0. The molecule has 1 aromatic rings. The molecule has 2 nitrogen and oxygen atoms in total. The summed E-state index contributed by atoms with van der Waals surface area (Å²) in [5.74, 6) is 0.906. The van der Waals surface area contributed by atoms with Crippen LogP contribution in [0.25, 0.3) is 0 Å². The molecular weight excluding hydrogens is 231 g/mol. The predicted molar refractivity (Wildman–Crippen MR) is 58.4 cm³/mol. The van der Waals surface area contributed by atoms with Crippen LogP contribution in [0.15, 0.2) is 18.2 Å². The Morgan fingerprint density at radius 2 is 2.06 bits per heavy atom. The fourth-order valence-electron chi connectivity index (χ4n) is 1.94. The Morgan fingerprint density at radius 3 is 2.53 bits per heavy atom. The zero-order valence-electron chi connectivity index (χ0n) is 9.47. The third-order valence-electron chi connectivity index (χ3n) is 2.92. The molecular formula is C12H14F3NO. The van der Waals surface area contributed by atoms with E-state index in [0.29, 0.717) is 11.7 Å². The van der Waals surface area contributed by atoms with Crippen molar-refractivity contribution in [3.05, 3.63) is 29.3 Å². The molecule has 0 radical (unpaired) electrons. The van der Waals surface area contributed by atoms with Gasteiger partial charge in [-0.2, -0.15) is 13.2 Å². The third kappa shape index (κ3) is 2.91. The average Bonchev–Trinajstić information content (AvgIpc) is 2.15. The fraction of sp³-hybridized carbons (Fsp3) is 0.500. The lowest BCUT2D eigenvalue weighted by Crippen LogP contribution is -2.40. The number of hydrogen-bond acceptors (Lipinski definition) is 2. The van der Waals surface area contributed by atoms with E-state index in [9.17, 15) is 13.2 Å². The van der Waals surface area contributed by atoms with Crippen molar-refractivity contribution in [1.29, 1.82) is 0 Å². The number of halogens is 3. The van der Waals surface area contributed by atoms with Gasteiger partial charge in [0.2, 0.25) is 0 Å². The molecule has 0 amide bonds. The molecule has 0 atom stereocenters. The minimum Gasteiger partial charge on any atom is -0.496 e. The van der Waals surface area contributed by atoms with Gasteiger partial charge in [-0.15, -0.1) is 0 Å². The Morgan fingerprint density at radius 1 is 1.35 bits per heavy atom. The Bertz CT molecular complexity index is 399. The van der Waals surface area contributed by atoms with Gasteiger partial charge in [0.25, 0.3) is 0 Å². The Labute approximate surface area is 97.8 Å². The second kappa shape index (κ2) is 4.56. The van der Waals surface area contributed by atoms with E-state index in [1.165, 1.54) is 19.2 Å². The molecule has 1 saturated heterocycles. The zero-order chi connectivity index (χ0) is 12.5. The first-order valence-electron chi connectivity index (χ1n) is 5.44.